The number of amides is 1. The highest BCUT2D eigenvalue weighted by molar-refractivity contribution is 8.00. The smallest absolute Gasteiger partial charge is 0.345 e. The van der Waals surface area contributed by atoms with Crippen LogP contribution in [0.3, 0.4) is 0 Å². The van der Waals surface area contributed by atoms with Crippen LogP contribution in [0.25, 0.3) is 0 Å². The Morgan fingerprint density at radius 2 is 1.78 bits per heavy atom. The summed E-state index contributed by atoms with van der Waals surface area (Å²) in [5, 5.41) is 2.86. The van der Waals surface area contributed by atoms with E-state index in [4.69, 9.17) is 0 Å². The largest absolute Gasteiger partial charge is 0.446 e. The van der Waals surface area contributed by atoms with Crippen molar-refractivity contribution in [3.63, 3.8) is 0 Å². The number of carbonyl (C=O) groups excluding carboxylic acids is 1. The van der Waals surface area contributed by atoms with E-state index in [2.05, 4.69) is 5.32 Å². The summed E-state index contributed by atoms with van der Waals surface area (Å²) in [5.74, 6) is -0.473. The number of alkyl halides is 3. The highest BCUT2D eigenvalue weighted by Gasteiger charge is 2.32. The van der Waals surface area contributed by atoms with Crippen molar-refractivity contribution in [3.8, 4) is 0 Å². The van der Waals surface area contributed by atoms with Gasteiger partial charge in [0.2, 0.25) is 0 Å². The fourth-order valence-corrected chi connectivity index (χ4v) is 3.48. The highest BCUT2D eigenvalue weighted by atomic mass is 32.2. The summed E-state index contributed by atoms with van der Waals surface area (Å²) in [6.07, 6.45) is 1.62. The van der Waals surface area contributed by atoms with Crippen molar-refractivity contribution in [1.82, 2.24) is 5.32 Å². The molecule has 0 aliphatic heterocycles. The fourth-order valence-electron chi connectivity index (χ4n) is 2.81. The summed E-state index contributed by atoms with van der Waals surface area (Å²) >= 11 is -0.262. The Hall–Kier alpha value is -1.95. The van der Waals surface area contributed by atoms with Gasteiger partial charge in [0.1, 0.15) is 0 Å². The predicted molar refractivity (Wildman–Crippen MR) is 83.3 cm³/mol. The molecule has 0 radical (unpaired) electrons. The zero-order valence-corrected chi connectivity index (χ0v) is 12.9. The number of aryl methyl sites for hydroxylation is 1. The van der Waals surface area contributed by atoms with Crippen LogP contribution in [0.4, 0.5) is 13.2 Å². The summed E-state index contributed by atoms with van der Waals surface area (Å²) in [6, 6.07) is 13.4. The number of carbonyl (C=O) groups is 1. The Morgan fingerprint density at radius 3 is 2.57 bits per heavy atom. The minimum atomic E-state index is -4.42. The summed E-state index contributed by atoms with van der Waals surface area (Å²) < 4.78 is 37.9. The van der Waals surface area contributed by atoms with Crippen molar-refractivity contribution < 1.29 is 18.0 Å². The molecule has 0 fully saturated rings. The lowest BCUT2D eigenvalue weighted by molar-refractivity contribution is -0.0328. The molecule has 1 N–H and O–H groups in total. The van der Waals surface area contributed by atoms with Gasteiger partial charge in [-0.1, -0.05) is 36.4 Å². The molecule has 2 nitrogen and oxygen atoms in total. The molecule has 6 heteroatoms. The maximum absolute atomic E-state index is 12.6. The molecule has 0 bridgehead atoms. The molecule has 1 unspecified atom stereocenters. The third-order valence-corrected chi connectivity index (χ3v) is 4.60. The summed E-state index contributed by atoms with van der Waals surface area (Å²) in [5.41, 5.74) is -2.15. The van der Waals surface area contributed by atoms with Crippen LogP contribution in [0.5, 0.6) is 0 Å². The van der Waals surface area contributed by atoms with Gasteiger partial charge in [-0.05, 0) is 47.9 Å². The number of fused-ring (bicyclic) bond motifs is 1. The molecule has 2 aromatic rings. The molecule has 23 heavy (non-hydrogen) atoms. The maximum Gasteiger partial charge on any atom is 0.446 e. The number of hydrogen-bond donors (Lipinski definition) is 1. The van der Waals surface area contributed by atoms with Crippen LogP contribution in [0.15, 0.2) is 53.4 Å². The van der Waals surface area contributed by atoms with E-state index < -0.39 is 11.4 Å². The number of nitrogens with one attached hydrogen (secondary N) is 1. The lowest BCUT2D eigenvalue weighted by Gasteiger charge is -2.16. The first-order valence-corrected chi connectivity index (χ1v) is 7.99. The van der Waals surface area contributed by atoms with Gasteiger partial charge < -0.3 is 5.32 Å². The molecule has 0 aromatic heterocycles. The van der Waals surface area contributed by atoms with Crippen molar-refractivity contribution in [1.29, 1.82) is 0 Å². The Kier molecular flexibility index (Phi) is 4.35. The van der Waals surface area contributed by atoms with Gasteiger partial charge in [0.05, 0.1) is 11.6 Å². The highest BCUT2D eigenvalue weighted by Crippen LogP contribution is 2.39. The van der Waals surface area contributed by atoms with Gasteiger partial charge >= 0.3 is 5.51 Å². The normalized spacial score (nSPS) is 16.9. The van der Waals surface area contributed by atoms with Crippen LogP contribution in [0.2, 0.25) is 0 Å². The van der Waals surface area contributed by atoms with Crippen molar-refractivity contribution in [2.75, 3.05) is 0 Å². The zero-order chi connectivity index (χ0) is 16.4. The lowest BCUT2D eigenvalue weighted by atomic mass is 10.1. The molecular weight excluding hydrogens is 323 g/mol. The summed E-state index contributed by atoms with van der Waals surface area (Å²) in [6.45, 7) is 0. The molecule has 3 rings (SSSR count). The Morgan fingerprint density at radius 1 is 1.09 bits per heavy atom. The monoisotopic (exact) mass is 337 g/mol. The topological polar surface area (TPSA) is 29.1 Å². The quantitative estimate of drug-likeness (QED) is 0.822. The second-order valence-electron chi connectivity index (χ2n) is 5.31. The van der Waals surface area contributed by atoms with Gasteiger partial charge in [-0.3, -0.25) is 4.79 Å². The first-order chi connectivity index (χ1) is 10.9. The van der Waals surface area contributed by atoms with E-state index in [0.717, 1.165) is 18.4 Å². The van der Waals surface area contributed by atoms with Gasteiger partial charge in [0, 0.05) is 4.90 Å². The second kappa shape index (κ2) is 6.28. The van der Waals surface area contributed by atoms with Crippen LogP contribution in [-0.2, 0) is 6.42 Å². The van der Waals surface area contributed by atoms with Gasteiger partial charge in [0.25, 0.3) is 5.91 Å². The Balaban J connectivity index is 1.80. The molecule has 0 saturated carbocycles. The summed E-state index contributed by atoms with van der Waals surface area (Å²) in [7, 11) is 0. The number of halogens is 3. The average molecular weight is 337 g/mol. The van der Waals surface area contributed by atoms with E-state index in [1.165, 1.54) is 23.8 Å². The van der Waals surface area contributed by atoms with Crippen LogP contribution in [0.1, 0.15) is 33.9 Å². The molecule has 1 aliphatic carbocycles. The van der Waals surface area contributed by atoms with E-state index in [9.17, 15) is 18.0 Å². The predicted octanol–water partition coefficient (Wildman–Crippen LogP) is 4.72. The van der Waals surface area contributed by atoms with Crippen LogP contribution < -0.4 is 5.32 Å². The summed E-state index contributed by atoms with van der Waals surface area (Å²) in [4.78, 5) is 12.3. The first-order valence-electron chi connectivity index (χ1n) is 7.17. The first kappa shape index (κ1) is 15.9. The average Bonchev–Trinajstić information content (AvgIpc) is 2.89. The Bertz CT molecular complexity index is 730. The van der Waals surface area contributed by atoms with Gasteiger partial charge in [-0.2, -0.15) is 13.2 Å². The maximum atomic E-state index is 12.6. The van der Waals surface area contributed by atoms with E-state index in [1.807, 2.05) is 24.3 Å². The molecule has 1 amide bonds. The molecule has 2 aromatic carbocycles. The third-order valence-electron chi connectivity index (χ3n) is 3.80. The van der Waals surface area contributed by atoms with Crippen LogP contribution in [-0.4, -0.2) is 11.4 Å². The lowest BCUT2D eigenvalue weighted by Crippen LogP contribution is -2.27. The molecule has 1 aliphatic rings. The number of benzene rings is 2. The van der Waals surface area contributed by atoms with E-state index in [1.54, 1.807) is 6.07 Å². The van der Waals surface area contributed by atoms with Crippen molar-refractivity contribution >= 4 is 17.7 Å². The van der Waals surface area contributed by atoms with E-state index in [0.29, 0.717) is 0 Å². The molecule has 1 atom stereocenters. The minimum Gasteiger partial charge on any atom is -0.345 e. The molecule has 0 heterocycles. The van der Waals surface area contributed by atoms with Crippen molar-refractivity contribution in [2.45, 2.75) is 29.3 Å². The second-order valence-corrected chi connectivity index (χ2v) is 6.41. The standard InChI is InChI=1S/C17H14F3NOS/c18-17(19,20)23-15-8-4-3-7-13(15)16(22)21-14-10-9-11-5-1-2-6-12(11)14/h1-8,14H,9-10H2,(H,21,22). The van der Waals surface area contributed by atoms with Crippen molar-refractivity contribution in [3.05, 3.63) is 65.2 Å². The fraction of sp³-hybridized carbons (Fsp3) is 0.235. The minimum absolute atomic E-state index is 0.0548. The van der Waals surface area contributed by atoms with Gasteiger partial charge in [0.15, 0.2) is 0 Å². The number of rotatable bonds is 3. The van der Waals surface area contributed by atoms with Crippen LogP contribution in [0, 0.1) is 0 Å². The van der Waals surface area contributed by atoms with E-state index >= 15 is 0 Å². The molecule has 120 valence electrons. The molecular formula is C17H14F3NOS. The molecule has 0 saturated heterocycles. The number of thioether (sulfide) groups is 1. The SMILES string of the molecule is O=C(NC1CCc2ccccc21)c1ccccc1SC(F)(F)F. The Labute approximate surface area is 136 Å². The van der Waals surface area contributed by atoms with Crippen LogP contribution >= 0.6 is 11.8 Å². The number of hydrogen-bond acceptors (Lipinski definition) is 2. The van der Waals surface area contributed by atoms with Gasteiger partial charge in [-0.25, -0.2) is 0 Å². The van der Waals surface area contributed by atoms with Crippen molar-refractivity contribution in [2.24, 2.45) is 0 Å². The van der Waals surface area contributed by atoms with Gasteiger partial charge in [-0.15, -0.1) is 0 Å². The molecule has 0 spiro atoms. The van der Waals surface area contributed by atoms with E-state index in [-0.39, 0.29) is 28.3 Å². The zero-order valence-electron chi connectivity index (χ0n) is 12.1. The third kappa shape index (κ3) is 3.69.